The molecule has 0 heterocycles. The van der Waals surface area contributed by atoms with Gasteiger partial charge in [-0.15, -0.1) is 11.4 Å². The summed E-state index contributed by atoms with van der Waals surface area (Å²) >= 11 is -0.556. The van der Waals surface area contributed by atoms with Crippen LogP contribution < -0.4 is 10.4 Å². The van der Waals surface area contributed by atoms with Gasteiger partial charge in [0.2, 0.25) is 0 Å². The Hall–Kier alpha value is -1.01. The fraction of sp³-hybridized carbons (Fsp3) is 0.250. The third-order valence-electron chi connectivity index (χ3n) is 4.85. The molecule has 0 aliphatic carbocycles. The zero-order valence-corrected chi connectivity index (χ0v) is 24.2. The molecule has 0 spiro atoms. The predicted molar refractivity (Wildman–Crippen MR) is 142 cm³/mol. The van der Waals surface area contributed by atoms with Crippen LogP contribution in [0.1, 0.15) is 0 Å². The van der Waals surface area contributed by atoms with E-state index in [2.05, 4.69) is 87.8 Å². The van der Waals surface area contributed by atoms with Crippen LogP contribution in [0.3, 0.4) is 0 Å². The van der Waals surface area contributed by atoms with Crippen molar-refractivity contribution >= 4 is 67.9 Å². The Morgan fingerprint density at radius 3 is 1.10 bits per heavy atom. The Bertz CT molecular complexity index is 873. The second-order valence-corrected chi connectivity index (χ2v) is 22.1. The summed E-state index contributed by atoms with van der Waals surface area (Å²) in [4.78, 5) is 0. The molecule has 3 aromatic rings. The molecule has 164 valence electrons. The van der Waals surface area contributed by atoms with Crippen molar-refractivity contribution in [3.05, 3.63) is 83.4 Å². The van der Waals surface area contributed by atoms with Crippen LogP contribution in [0.15, 0.2) is 72.8 Å². The van der Waals surface area contributed by atoms with Crippen molar-refractivity contribution in [1.29, 1.82) is 0 Å². The molecule has 7 heteroatoms. The van der Waals surface area contributed by atoms with E-state index in [0.717, 1.165) is 22.7 Å². The van der Waals surface area contributed by atoms with Gasteiger partial charge in [-0.25, -0.2) is 0 Å². The van der Waals surface area contributed by atoms with E-state index in [1.54, 1.807) is 0 Å². The molecule has 0 amide bonds. The van der Waals surface area contributed by atoms with Crippen molar-refractivity contribution < 1.29 is 17.0 Å². The Balaban J connectivity index is 0.00000107. The third kappa shape index (κ3) is 8.45. The number of nitrogens with zero attached hydrogens (tertiary/aromatic N) is 2. The van der Waals surface area contributed by atoms with Crippen LogP contribution in [0.25, 0.3) is 10.6 Å². The van der Waals surface area contributed by atoms with Gasteiger partial charge < -0.3 is 10.6 Å². The van der Waals surface area contributed by atoms with Gasteiger partial charge in [-0.2, -0.15) is 11.4 Å². The molecule has 0 N–H and O–H groups in total. The molecule has 3 aromatic carbocycles. The molecule has 0 saturated carbocycles. The topological polar surface area (TPSA) is 28.2 Å². The van der Waals surface area contributed by atoms with Crippen molar-refractivity contribution in [3.8, 4) is 0 Å². The molecular weight excluding hydrogens is 491 g/mol. The molecule has 2 nitrogen and oxygen atoms in total. The van der Waals surface area contributed by atoms with E-state index in [1.165, 1.54) is 10.4 Å². The normalized spacial score (nSPS) is 11.2. The molecule has 0 aliphatic rings. The van der Waals surface area contributed by atoms with Crippen molar-refractivity contribution in [2.45, 2.75) is 39.3 Å². The molecule has 0 aliphatic heterocycles. The van der Waals surface area contributed by atoms with Crippen molar-refractivity contribution in [2.24, 2.45) is 0 Å². The van der Waals surface area contributed by atoms with Crippen LogP contribution in [0.2, 0.25) is 39.3 Å². The Morgan fingerprint density at radius 2 is 0.839 bits per heavy atom. The molecule has 3 rings (SSSR count). The number of hydrogen-bond donors (Lipinski definition) is 0. The van der Waals surface area contributed by atoms with E-state index in [1.807, 2.05) is 24.3 Å². The van der Waals surface area contributed by atoms with E-state index in [0.29, 0.717) is 0 Å². The molecular formula is C24H30Cl2N2Si2Ti-2. The maximum absolute atomic E-state index is 4.89. The van der Waals surface area contributed by atoms with Crippen molar-refractivity contribution in [2.75, 3.05) is 0 Å². The molecule has 31 heavy (non-hydrogen) atoms. The van der Waals surface area contributed by atoms with Gasteiger partial charge in [0.1, 0.15) is 0 Å². The molecule has 0 bridgehead atoms. The summed E-state index contributed by atoms with van der Waals surface area (Å²) in [5, 5.41) is 12.6. The van der Waals surface area contributed by atoms with Crippen LogP contribution in [0, 0.1) is 0 Å². The summed E-state index contributed by atoms with van der Waals surface area (Å²) < 4.78 is 0. The second-order valence-electron chi connectivity index (χ2n) is 9.38. The van der Waals surface area contributed by atoms with Crippen molar-refractivity contribution in [1.82, 2.24) is 0 Å². The van der Waals surface area contributed by atoms with Gasteiger partial charge in [0.15, 0.2) is 0 Å². The first kappa shape index (κ1) is 26.2. The van der Waals surface area contributed by atoms with Gasteiger partial charge in [0.25, 0.3) is 0 Å². The summed E-state index contributed by atoms with van der Waals surface area (Å²) in [5.41, 5.74) is 3.74. The van der Waals surface area contributed by atoms with Crippen molar-refractivity contribution in [3.63, 3.8) is 0 Å². The first-order valence-electron chi connectivity index (χ1n) is 10.2. The van der Waals surface area contributed by atoms with Crippen LogP contribution in [-0.2, 0) is 17.0 Å². The summed E-state index contributed by atoms with van der Waals surface area (Å²) in [5.74, 6) is 0. The number of hydrogen-bond acceptors (Lipinski definition) is 0. The van der Waals surface area contributed by atoms with Gasteiger partial charge in [-0.3, -0.25) is 0 Å². The van der Waals surface area contributed by atoms with Crippen LogP contribution >= 0.6 is 18.6 Å². The maximum atomic E-state index is 4.89. The molecule has 0 unspecified atom stereocenters. The van der Waals surface area contributed by atoms with E-state index in [9.17, 15) is 0 Å². The molecule has 0 radical (unpaired) electrons. The summed E-state index contributed by atoms with van der Waals surface area (Å²) in [6.07, 6.45) is 0. The van der Waals surface area contributed by atoms with Crippen LogP contribution in [-0.4, -0.2) is 16.1 Å². The second kappa shape index (κ2) is 11.7. The minimum absolute atomic E-state index is 0.556. The zero-order chi connectivity index (χ0) is 23.1. The summed E-state index contributed by atoms with van der Waals surface area (Å²) in [7, 11) is 7.21. The van der Waals surface area contributed by atoms with Gasteiger partial charge in [0.05, 0.1) is 16.1 Å². The molecule has 0 saturated heterocycles. The molecule has 0 aromatic heterocycles. The van der Waals surface area contributed by atoms with E-state index >= 15 is 0 Å². The van der Waals surface area contributed by atoms with Gasteiger partial charge in [0, 0.05) is 0 Å². The first-order valence-corrected chi connectivity index (χ1v) is 21.5. The van der Waals surface area contributed by atoms with Crippen LogP contribution in [0.4, 0.5) is 22.7 Å². The van der Waals surface area contributed by atoms with E-state index in [-0.39, 0.29) is 0 Å². The fourth-order valence-corrected chi connectivity index (χ4v) is 5.34. The monoisotopic (exact) mass is 520 g/mol. The van der Waals surface area contributed by atoms with Gasteiger partial charge in [-0.1, -0.05) is 122 Å². The van der Waals surface area contributed by atoms with E-state index in [4.69, 9.17) is 29.2 Å². The fourth-order valence-electron chi connectivity index (χ4n) is 3.00. The molecule has 0 fully saturated rings. The minimum atomic E-state index is -1.29. The van der Waals surface area contributed by atoms with Gasteiger partial charge in [-0.05, 0) is 0 Å². The Labute approximate surface area is 206 Å². The third-order valence-corrected chi connectivity index (χ3v) is 8.98. The molecule has 0 atom stereocenters. The van der Waals surface area contributed by atoms with Gasteiger partial charge >= 0.3 is 35.6 Å². The van der Waals surface area contributed by atoms with E-state index < -0.39 is 33.2 Å². The number of para-hydroxylation sites is 2. The Kier molecular flexibility index (Phi) is 9.93. The predicted octanol–water partition coefficient (Wildman–Crippen LogP) is 8.83. The average molecular weight is 521 g/mol. The van der Waals surface area contributed by atoms with Crippen LogP contribution in [0.5, 0.6) is 0 Å². The quantitative estimate of drug-likeness (QED) is 0.290. The summed E-state index contributed by atoms with van der Waals surface area (Å²) in [6, 6.07) is 25.5. The Morgan fingerprint density at radius 1 is 0.548 bits per heavy atom. The summed E-state index contributed by atoms with van der Waals surface area (Å²) in [6.45, 7) is 14.2. The SMILES string of the molecule is C[Si](C)(C)c1ccc([N-]c2ccccc2[N-]c2ccc([Si](C)(C)C)cc2)cc1.[Cl][Ti][Cl]. The standard InChI is InChI=1S/C24H30N2Si2.2ClH.Ti/c1-27(2,3)21-15-11-19(12-16-21)25-23-9-7-8-10-24(23)26-20-13-17-22(18-14-20)28(4,5)6;;;/h7-18H,1-6H3;2*1H;/q-2;;;+2/p-2. The number of halogens is 2. The average Bonchev–Trinajstić information content (AvgIpc) is 2.70. The first-order chi connectivity index (χ1) is 14.5. The number of benzene rings is 3. The zero-order valence-electron chi connectivity index (χ0n) is 19.1. The number of rotatable bonds is 6.